The molecule has 122 valence electrons. The van der Waals surface area contributed by atoms with E-state index in [4.69, 9.17) is 10.5 Å². The van der Waals surface area contributed by atoms with Crippen molar-refractivity contribution in [1.82, 2.24) is 9.38 Å². The predicted molar refractivity (Wildman–Crippen MR) is 89.7 cm³/mol. The van der Waals surface area contributed by atoms with E-state index in [0.717, 1.165) is 0 Å². The molecule has 0 spiro atoms. The van der Waals surface area contributed by atoms with Gasteiger partial charge in [-0.3, -0.25) is 9.20 Å². The molecule has 7 nitrogen and oxygen atoms in total. The third-order valence-electron chi connectivity index (χ3n) is 3.67. The average molecular weight is 325 g/mol. The fourth-order valence-corrected chi connectivity index (χ4v) is 2.59. The van der Waals surface area contributed by atoms with Gasteiger partial charge in [0, 0.05) is 6.20 Å². The molecule has 24 heavy (non-hydrogen) atoms. The summed E-state index contributed by atoms with van der Waals surface area (Å²) in [6.07, 6.45) is 3.25. The normalized spacial score (nSPS) is 10.9. The number of carbonyl (C=O) groups is 1. The van der Waals surface area contributed by atoms with E-state index >= 15 is 0 Å². The van der Waals surface area contributed by atoms with Crippen molar-refractivity contribution in [3.8, 4) is 0 Å². The Kier molecular flexibility index (Phi) is 3.99. The third-order valence-corrected chi connectivity index (χ3v) is 3.67. The van der Waals surface area contributed by atoms with Gasteiger partial charge in [0.1, 0.15) is 10.9 Å². The lowest BCUT2D eigenvalue weighted by Gasteiger charge is -2.10. The van der Waals surface area contributed by atoms with Gasteiger partial charge < -0.3 is 10.5 Å². The molecule has 3 heterocycles. The minimum absolute atomic E-state index is 0.140. The summed E-state index contributed by atoms with van der Waals surface area (Å²) in [6, 6.07) is 6.70. The number of fused-ring (bicyclic) bond motifs is 2. The molecule has 0 aliphatic heterocycles. The van der Waals surface area contributed by atoms with Crippen LogP contribution in [0, 0.1) is 0 Å². The average Bonchev–Trinajstić information content (AvgIpc) is 2.58. The molecular formula is C17H17N4O3+. The Bertz CT molecular complexity index is 1020. The first-order valence-electron chi connectivity index (χ1n) is 7.50. The summed E-state index contributed by atoms with van der Waals surface area (Å²) in [5.41, 5.74) is 6.88. The highest BCUT2D eigenvalue weighted by atomic mass is 16.5. The van der Waals surface area contributed by atoms with Crippen molar-refractivity contribution in [3.63, 3.8) is 0 Å². The molecule has 0 radical (unpaired) electrons. The van der Waals surface area contributed by atoms with Crippen LogP contribution in [0.3, 0.4) is 0 Å². The largest absolute Gasteiger partial charge is 0.462 e. The zero-order valence-electron chi connectivity index (χ0n) is 13.2. The van der Waals surface area contributed by atoms with Crippen LogP contribution in [0.25, 0.3) is 16.7 Å². The van der Waals surface area contributed by atoms with Gasteiger partial charge in [0.15, 0.2) is 0 Å². The Hall–Kier alpha value is -3.22. The molecule has 7 heteroatoms. The monoisotopic (exact) mass is 325 g/mol. The van der Waals surface area contributed by atoms with Crippen LogP contribution in [-0.4, -0.2) is 22.0 Å². The van der Waals surface area contributed by atoms with Gasteiger partial charge in [0.2, 0.25) is 11.5 Å². The molecule has 0 atom stereocenters. The van der Waals surface area contributed by atoms with Gasteiger partial charge in [-0.25, -0.2) is 9.36 Å². The molecule has 0 unspecified atom stereocenters. The second kappa shape index (κ2) is 6.11. The second-order valence-corrected chi connectivity index (χ2v) is 5.15. The highest BCUT2D eigenvalue weighted by Gasteiger charge is 2.24. The lowest BCUT2D eigenvalue weighted by atomic mass is 10.2. The van der Waals surface area contributed by atoms with E-state index in [2.05, 4.69) is 11.6 Å². The quantitative estimate of drug-likeness (QED) is 0.335. The molecule has 0 fully saturated rings. The molecule has 0 saturated carbocycles. The van der Waals surface area contributed by atoms with Crippen LogP contribution in [0.15, 0.2) is 47.9 Å². The van der Waals surface area contributed by atoms with Crippen molar-refractivity contribution in [2.45, 2.75) is 13.5 Å². The fourth-order valence-electron chi connectivity index (χ4n) is 2.59. The summed E-state index contributed by atoms with van der Waals surface area (Å²) in [4.78, 5) is 29.5. The molecule has 0 saturated heterocycles. The lowest BCUT2D eigenvalue weighted by Crippen LogP contribution is -2.41. The van der Waals surface area contributed by atoms with Crippen LogP contribution >= 0.6 is 0 Å². The zero-order valence-corrected chi connectivity index (χ0v) is 13.2. The molecule has 0 aromatic carbocycles. The summed E-state index contributed by atoms with van der Waals surface area (Å²) in [5, 5.41) is 0.290. The Morgan fingerprint density at radius 1 is 1.50 bits per heavy atom. The van der Waals surface area contributed by atoms with Crippen molar-refractivity contribution >= 4 is 28.5 Å². The third kappa shape index (κ3) is 2.40. The van der Waals surface area contributed by atoms with Crippen LogP contribution < -0.4 is 15.9 Å². The zero-order chi connectivity index (χ0) is 17.3. The van der Waals surface area contributed by atoms with E-state index in [1.807, 2.05) is 0 Å². The molecule has 2 N–H and O–H groups in total. The van der Waals surface area contributed by atoms with Crippen molar-refractivity contribution in [1.29, 1.82) is 0 Å². The lowest BCUT2D eigenvalue weighted by molar-refractivity contribution is -0.648. The Morgan fingerprint density at radius 2 is 2.29 bits per heavy atom. The van der Waals surface area contributed by atoms with Crippen molar-refractivity contribution in [2.24, 2.45) is 0 Å². The number of ether oxygens (including phenoxy) is 1. The van der Waals surface area contributed by atoms with Gasteiger partial charge in [-0.1, -0.05) is 23.7 Å². The van der Waals surface area contributed by atoms with Crippen molar-refractivity contribution in [2.75, 3.05) is 12.3 Å². The summed E-state index contributed by atoms with van der Waals surface area (Å²) in [6.45, 7) is 5.93. The van der Waals surface area contributed by atoms with Gasteiger partial charge in [-0.2, -0.15) is 0 Å². The maximum absolute atomic E-state index is 12.8. The maximum Gasteiger partial charge on any atom is 0.344 e. The molecule has 3 aromatic rings. The number of nitrogen functional groups attached to an aromatic ring is 1. The Labute approximate surface area is 137 Å². The Morgan fingerprint density at radius 3 is 3.00 bits per heavy atom. The first kappa shape index (κ1) is 15.7. The highest BCUT2D eigenvalue weighted by molar-refractivity contribution is 5.96. The molecule has 0 bridgehead atoms. The smallest absolute Gasteiger partial charge is 0.344 e. The van der Waals surface area contributed by atoms with E-state index in [1.54, 1.807) is 42.0 Å². The summed E-state index contributed by atoms with van der Waals surface area (Å²) >= 11 is 0. The number of hydrogen-bond acceptors (Lipinski definition) is 5. The minimum atomic E-state index is -0.577. The van der Waals surface area contributed by atoms with Gasteiger partial charge in [0.25, 0.3) is 11.2 Å². The van der Waals surface area contributed by atoms with E-state index < -0.39 is 5.97 Å². The number of allylic oxidation sites excluding steroid dienone is 1. The van der Waals surface area contributed by atoms with E-state index in [0.29, 0.717) is 17.8 Å². The van der Waals surface area contributed by atoms with Gasteiger partial charge >= 0.3 is 5.97 Å². The number of nitrogens with two attached hydrogens (primary N) is 1. The fraction of sp³-hybridized carbons (Fsp3) is 0.176. The maximum atomic E-state index is 12.8. The van der Waals surface area contributed by atoms with Crippen molar-refractivity contribution < 1.29 is 14.1 Å². The molecule has 0 amide bonds. The summed E-state index contributed by atoms with van der Waals surface area (Å²) < 4.78 is 8.04. The van der Waals surface area contributed by atoms with Crippen LogP contribution in [0.5, 0.6) is 0 Å². The number of hydrogen-bond donors (Lipinski definition) is 1. The number of pyridine rings is 2. The van der Waals surface area contributed by atoms with E-state index in [-0.39, 0.29) is 28.9 Å². The minimum Gasteiger partial charge on any atom is -0.462 e. The first-order valence-corrected chi connectivity index (χ1v) is 7.50. The predicted octanol–water partition coefficient (Wildman–Crippen LogP) is 1.08. The van der Waals surface area contributed by atoms with Crippen LogP contribution in [-0.2, 0) is 11.3 Å². The number of rotatable bonds is 4. The molecule has 3 aromatic heterocycles. The van der Waals surface area contributed by atoms with Gasteiger partial charge in [0.05, 0.1) is 13.2 Å². The number of nitrogens with zero attached hydrogens (tertiary/aromatic N) is 3. The Balaban J connectivity index is 2.45. The van der Waals surface area contributed by atoms with Gasteiger partial charge in [-0.05, 0) is 25.1 Å². The SMILES string of the molecule is C=CC[n+]1c(N)c(C(=O)OCC)cc2c(=O)n3ccccc3nc21. The van der Waals surface area contributed by atoms with E-state index in [1.165, 1.54) is 10.5 Å². The van der Waals surface area contributed by atoms with Crippen LogP contribution in [0.4, 0.5) is 5.82 Å². The molecular weight excluding hydrogens is 308 g/mol. The summed E-state index contributed by atoms with van der Waals surface area (Å²) in [5.74, 6) is -0.389. The molecule has 3 rings (SSSR count). The molecule has 0 aliphatic carbocycles. The second-order valence-electron chi connectivity index (χ2n) is 5.15. The topological polar surface area (TPSA) is 90.6 Å². The standard InChI is InChI=1S/C17H16N4O3/c1-3-8-21-14(18)11(17(23)24-4-2)10-12-15(21)19-13-7-5-6-9-20(13)16(12)22/h3,5-7,9-10,18H,1,4,8H2,2H3/p+1. The van der Waals surface area contributed by atoms with E-state index in [9.17, 15) is 9.59 Å². The first-order chi connectivity index (χ1) is 11.6. The summed E-state index contributed by atoms with van der Waals surface area (Å²) in [7, 11) is 0. The van der Waals surface area contributed by atoms with Crippen molar-refractivity contribution in [3.05, 3.63) is 59.0 Å². The van der Waals surface area contributed by atoms with Crippen LogP contribution in [0.2, 0.25) is 0 Å². The highest BCUT2D eigenvalue weighted by Crippen LogP contribution is 2.15. The number of carbonyl (C=O) groups excluding carboxylic acids is 1. The van der Waals surface area contributed by atoms with Gasteiger partial charge in [-0.15, -0.1) is 0 Å². The number of anilines is 1. The van der Waals surface area contributed by atoms with Crippen LogP contribution in [0.1, 0.15) is 17.3 Å². The number of aromatic nitrogens is 3. The number of esters is 1. The molecule has 0 aliphatic rings.